The number of piperazine rings is 1. The molecule has 1 aromatic rings. The molecule has 2 heterocycles. The van der Waals surface area contributed by atoms with E-state index in [1.807, 2.05) is 27.3 Å². The second-order valence-electron chi connectivity index (χ2n) is 6.04. The molecule has 3 rings (SSSR count). The average molecular weight is 321 g/mol. The highest BCUT2D eigenvalue weighted by Gasteiger charge is 2.26. The maximum absolute atomic E-state index is 12.3. The SMILES string of the molecule is O=C(NC1CCCCC1)N1CCN(C(=O)c2cccs2)CC1. The fraction of sp³-hybridized carbons (Fsp3) is 0.625. The van der Waals surface area contributed by atoms with Crippen LogP contribution in [0.25, 0.3) is 0 Å². The number of hydrogen-bond acceptors (Lipinski definition) is 3. The minimum atomic E-state index is 0.0372. The number of thiophene rings is 1. The van der Waals surface area contributed by atoms with Crippen molar-refractivity contribution >= 4 is 23.3 Å². The van der Waals surface area contributed by atoms with Gasteiger partial charge >= 0.3 is 6.03 Å². The van der Waals surface area contributed by atoms with E-state index < -0.39 is 0 Å². The summed E-state index contributed by atoms with van der Waals surface area (Å²) < 4.78 is 0. The van der Waals surface area contributed by atoms with Crippen molar-refractivity contribution in [2.45, 2.75) is 38.1 Å². The lowest BCUT2D eigenvalue weighted by Gasteiger charge is -2.35. The first-order valence-electron chi connectivity index (χ1n) is 8.12. The monoisotopic (exact) mass is 321 g/mol. The van der Waals surface area contributed by atoms with Crippen LogP contribution in [-0.4, -0.2) is 54.0 Å². The summed E-state index contributed by atoms with van der Waals surface area (Å²) in [7, 11) is 0. The predicted molar refractivity (Wildman–Crippen MR) is 87.2 cm³/mol. The van der Waals surface area contributed by atoms with Gasteiger partial charge in [0.15, 0.2) is 0 Å². The summed E-state index contributed by atoms with van der Waals surface area (Å²) in [6.45, 7) is 2.48. The Hall–Kier alpha value is -1.56. The molecule has 1 aliphatic carbocycles. The van der Waals surface area contributed by atoms with Crippen LogP contribution in [0.3, 0.4) is 0 Å². The molecule has 5 nitrogen and oxygen atoms in total. The number of nitrogens with one attached hydrogen (secondary N) is 1. The Kier molecular flexibility index (Phi) is 4.97. The van der Waals surface area contributed by atoms with E-state index in [0.29, 0.717) is 32.2 Å². The van der Waals surface area contributed by atoms with Crippen molar-refractivity contribution in [2.24, 2.45) is 0 Å². The maximum atomic E-state index is 12.3. The van der Waals surface area contributed by atoms with Crippen molar-refractivity contribution in [3.05, 3.63) is 22.4 Å². The summed E-state index contributed by atoms with van der Waals surface area (Å²) in [6, 6.07) is 4.13. The molecule has 3 amide bonds. The standard InChI is InChI=1S/C16H23N3O2S/c20-15(14-7-4-12-22-14)18-8-10-19(11-9-18)16(21)17-13-5-2-1-3-6-13/h4,7,12-13H,1-3,5-6,8-11H2,(H,17,21). The summed E-state index contributed by atoms with van der Waals surface area (Å²) in [6.07, 6.45) is 5.92. The third kappa shape index (κ3) is 3.61. The normalized spacial score (nSPS) is 20.0. The molecule has 0 spiro atoms. The Morgan fingerprint density at radius 2 is 1.73 bits per heavy atom. The summed E-state index contributed by atoms with van der Waals surface area (Å²) in [5.41, 5.74) is 0. The van der Waals surface area contributed by atoms with Crippen LogP contribution in [0, 0.1) is 0 Å². The Bertz CT molecular complexity index is 503. The minimum Gasteiger partial charge on any atom is -0.335 e. The maximum Gasteiger partial charge on any atom is 0.317 e. The number of nitrogens with zero attached hydrogens (tertiary/aromatic N) is 2. The third-order valence-corrected chi connectivity index (χ3v) is 5.38. The predicted octanol–water partition coefficient (Wildman–Crippen LogP) is 2.55. The topological polar surface area (TPSA) is 52.7 Å². The number of rotatable bonds is 2. The van der Waals surface area contributed by atoms with Crippen LogP contribution in [0.2, 0.25) is 0 Å². The summed E-state index contributed by atoms with van der Waals surface area (Å²) in [4.78, 5) is 29.0. The molecular formula is C16H23N3O2S. The molecule has 22 heavy (non-hydrogen) atoms. The second kappa shape index (κ2) is 7.13. The lowest BCUT2D eigenvalue weighted by Crippen LogP contribution is -2.54. The van der Waals surface area contributed by atoms with Gasteiger partial charge in [0.05, 0.1) is 4.88 Å². The molecule has 0 radical (unpaired) electrons. The van der Waals surface area contributed by atoms with Gasteiger partial charge in [-0.1, -0.05) is 25.3 Å². The van der Waals surface area contributed by atoms with Gasteiger partial charge in [-0.3, -0.25) is 4.79 Å². The molecule has 1 aliphatic heterocycles. The van der Waals surface area contributed by atoms with E-state index in [1.54, 1.807) is 0 Å². The third-order valence-electron chi connectivity index (χ3n) is 4.52. The lowest BCUT2D eigenvalue weighted by molar-refractivity contribution is 0.0667. The van der Waals surface area contributed by atoms with Crippen LogP contribution in [0.15, 0.2) is 17.5 Å². The van der Waals surface area contributed by atoms with Gasteiger partial charge < -0.3 is 15.1 Å². The van der Waals surface area contributed by atoms with E-state index in [9.17, 15) is 9.59 Å². The number of carbonyl (C=O) groups is 2. The van der Waals surface area contributed by atoms with Gasteiger partial charge in [-0.05, 0) is 24.3 Å². The lowest BCUT2D eigenvalue weighted by atomic mass is 9.96. The average Bonchev–Trinajstić information content (AvgIpc) is 3.10. The molecule has 1 saturated carbocycles. The quantitative estimate of drug-likeness (QED) is 0.910. The van der Waals surface area contributed by atoms with Crippen molar-refractivity contribution in [3.8, 4) is 0 Å². The molecule has 0 aromatic carbocycles. The molecule has 1 aromatic heterocycles. The van der Waals surface area contributed by atoms with Crippen LogP contribution in [0.1, 0.15) is 41.8 Å². The fourth-order valence-corrected chi connectivity index (χ4v) is 3.87. The van der Waals surface area contributed by atoms with Crippen LogP contribution in [-0.2, 0) is 0 Å². The molecule has 0 atom stereocenters. The first-order valence-corrected chi connectivity index (χ1v) is 9.00. The largest absolute Gasteiger partial charge is 0.335 e. The molecule has 1 N–H and O–H groups in total. The highest BCUT2D eigenvalue weighted by atomic mass is 32.1. The fourth-order valence-electron chi connectivity index (χ4n) is 3.18. The number of urea groups is 1. The van der Waals surface area contributed by atoms with E-state index in [2.05, 4.69) is 5.32 Å². The van der Waals surface area contributed by atoms with Gasteiger partial charge in [-0.15, -0.1) is 11.3 Å². The number of carbonyl (C=O) groups excluding carboxylic acids is 2. The molecule has 1 saturated heterocycles. The van der Waals surface area contributed by atoms with E-state index in [-0.39, 0.29) is 11.9 Å². The van der Waals surface area contributed by atoms with E-state index in [1.165, 1.54) is 30.6 Å². The molecule has 2 aliphatic rings. The minimum absolute atomic E-state index is 0.0372. The van der Waals surface area contributed by atoms with Crippen molar-refractivity contribution < 1.29 is 9.59 Å². The molecule has 120 valence electrons. The first kappa shape index (κ1) is 15.3. The molecule has 0 unspecified atom stereocenters. The van der Waals surface area contributed by atoms with Crippen LogP contribution in [0.5, 0.6) is 0 Å². The van der Waals surface area contributed by atoms with Crippen molar-refractivity contribution in [3.63, 3.8) is 0 Å². The Morgan fingerprint density at radius 1 is 1.05 bits per heavy atom. The Labute approximate surface area is 135 Å². The smallest absolute Gasteiger partial charge is 0.317 e. The van der Waals surface area contributed by atoms with Crippen LogP contribution < -0.4 is 5.32 Å². The molecular weight excluding hydrogens is 298 g/mol. The zero-order chi connectivity index (χ0) is 15.4. The highest BCUT2D eigenvalue weighted by molar-refractivity contribution is 7.12. The van der Waals surface area contributed by atoms with Gasteiger partial charge in [0, 0.05) is 32.2 Å². The van der Waals surface area contributed by atoms with Crippen LogP contribution in [0.4, 0.5) is 4.79 Å². The van der Waals surface area contributed by atoms with E-state index in [0.717, 1.165) is 17.7 Å². The van der Waals surface area contributed by atoms with Crippen molar-refractivity contribution in [1.29, 1.82) is 0 Å². The Balaban J connectivity index is 1.46. The summed E-state index contributed by atoms with van der Waals surface area (Å²) >= 11 is 1.47. The van der Waals surface area contributed by atoms with Crippen molar-refractivity contribution in [2.75, 3.05) is 26.2 Å². The molecule has 0 bridgehead atoms. The van der Waals surface area contributed by atoms with Gasteiger partial charge in [-0.25, -0.2) is 4.79 Å². The molecule has 6 heteroatoms. The number of amides is 3. The second-order valence-corrected chi connectivity index (χ2v) is 6.99. The molecule has 2 fully saturated rings. The summed E-state index contributed by atoms with van der Waals surface area (Å²) in [5.74, 6) is 0.0855. The summed E-state index contributed by atoms with van der Waals surface area (Å²) in [5, 5.41) is 5.06. The van der Waals surface area contributed by atoms with E-state index >= 15 is 0 Å². The first-order chi connectivity index (χ1) is 10.7. The van der Waals surface area contributed by atoms with E-state index in [4.69, 9.17) is 0 Å². The van der Waals surface area contributed by atoms with Crippen molar-refractivity contribution in [1.82, 2.24) is 15.1 Å². The zero-order valence-corrected chi connectivity index (χ0v) is 13.6. The van der Waals surface area contributed by atoms with Gasteiger partial charge in [-0.2, -0.15) is 0 Å². The zero-order valence-electron chi connectivity index (χ0n) is 12.8. The van der Waals surface area contributed by atoms with Gasteiger partial charge in [0.2, 0.25) is 0 Å². The van der Waals surface area contributed by atoms with Gasteiger partial charge in [0.1, 0.15) is 0 Å². The Morgan fingerprint density at radius 3 is 2.36 bits per heavy atom. The highest BCUT2D eigenvalue weighted by Crippen LogP contribution is 2.18. The van der Waals surface area contributed by atoms with Crippen LogP contribution >= 0.6 is 11.3 Å². The number of hydrogen-bond donors (Lipinski definition) is 1. The van der Waals surface area contributed by atoms with Gasteiger partial charge in [0.25, 0.3) is 5.91 Å².